The van der Waals surface area contributed by atoms with Gasteiger partial charge in [0.1, 0.15) is 12.2 Å². The summed E-state index contributed by atoms with van der Waals surface area (Å²) in [5.74, 6) is 1.18. The van der Waals surface area contributed by atoms with Gasteiger partial charge in [-0.2, -0.15) is 18.4 Å². The van der Waals surface area contributed by atoms with E-state index in [1.807, 2.05) is 34.7 Å². The highest BCUT2D eigenvalue weighted by molar-refractivity contribution is 5.59. The molecule has 0 spiro atoms. The van der Waals surface area contributed by atoms with Gasteiger partial charge in [0.25, 0.3) is 0 Å². The van der Waals surface area contributed by atoms with E-state index in [-0.39, 0.29) is 24.1 Å². The van der Waals surface area contributed by atoms with Gasteiger partial charge in [0.15, 0.2) is 0 Å². The van der Waals surface area contributed by atoms with Gasteiger partial charge in [0.2, 0.25) is 6.35 Å². The van der Waals surface area contributed by atoms with E-state index in [2.05, 4.69) is 16.3 Å². The van der Waals surface area contributed by atoms with Gasteiger partial charge in [0, 0.05) is 50.7 Å². The van der Waals surface area contributed by atoms with Gasteiger partial charge in [-0.1, -0.05) is 18.6 Å². The largest absolute Gasteiger partial charge is 0.418 e. The number of aryl methyl sites for hydroxylation is 1. The van der Waals surface area contributed by atoms with Crippen LogP contribution in [-0.4, -0.2) is 61.8 Å². The van der Waals surface area contributed by atoms with Gasteiger partial charge in [0.05, 0.1) is 23.3 Å². The molecule has 1 aromatic heterocycles. The number of rotatable bonds is 6. The molecule has 4 heterocycles. The molecular weight excluding hydrogens is 495 g/mol. The zero-order valence-corrected chi connectivity index (χ0v) is 20.9. The molecule has 0 amide bonds. The first-order valence-corrected chi connectivity index (χ1v) is 12.8. The molecule has 4 aliphatic rings. The van der Waals surface area contributed by atoms with Crippen molar-refractivity contribution in [3.63, 3.8) is 0 Å². The van der Waals surface area contributed by atoms with Gasteiger partial charge in [-0.25, -0.2) is 0 Å². The molecule has 2 aromatic rings. The fraction of sp³-hybridized carbons (Fsp3) is 0.444. The second-order valence-corrected chi connectivity index (χ2v) is 10.5. The van der Waals surface area contributed by atoms with Crippen LogP contribution in [0.3, 0.4) is 0 Å². The molecule has 1 aromatic carbocycles. The van der Waals surface area contributed by atoms with Gasteiger partial charge in [-0.05, 0) is 48.1 Å². The van der Waals surface area contributed by atoms with Gasteiger partial charge in [-0.3, -0.25) is 4.90 Å². The van der Waals surface area contributed by atoms with Crippen molar-refractivity contribution in [1.82, 2.24) is 24.6 Å². The van der Waals surface area contributed by atoms with Crippen LogP contribution in [0.1, 0.15) is 36.6 Å². The minimum atomic E-state index is -4.59. The van der Waals surface area contributed by atoms with E-state index < -0.39 is 18.1 Å². The summed E-state index contributed by atoms with van der Waals surface area (Å²) in [4.78, 5) is 4.68. The van der Waals surface area contributed by atoms with Crippen LogP contribution in [-0.2, 0) is 7.05 Å². The molecule has 2 fully saturated rings. The Balaban J connectivity index is 1.31. The smallest absolute Gasteiger partial charge is 0.356 e. The fourth-order valence-corrected chi connectivity index (χ4v) is 5.76. The lowest BCUT2D eigenvalue weighted by atomic mass is 9.72. The number of hydrogen-bond donors (Lipinski definition) is 1. The van der Waals surface area contributed by atoms with Crippen LogP contribution < -0.4 is 4.90 Å². The number of fused-ring (bicyclic) bond motifs is 1. The van der Waals surface area contributed by atoms with Crippen LogP contribution in [0.4, 0.5) is 18.9 Å². The summed E-state index contributed by atoms with van der Waals surface area (Å²) < 4.78 is 44.3. The van der Waals surface area contributed by atoms with Crippen molar-refractivity contribution in [2.75, 3.05) is 24.5 Å². The predicted octanol–water partition coefficient (Wildman–Crippen LogP) is 3.83. The average Bonchev–Trinajstić information content (AvgIpc) is 3.40. The average molecular weight is 524 g/mol. The van der Waals surface area contributed by atoms with Crippen LogP contribution >= 0.6 is 0 Å². The molecule has 1 saturated carbocycles. The summed E-state index contributed by atoms with van der Waals surface area (Å²) in [5, 5.41) is 28.6. The second kappa shape index (κ2) is 9.29. The number of aliphatic hydroxyl groups is 1. The number of nitrogens with zero attached hydrogens (tertiary/aromatic N) is 7. The number of likely N-dealkylation sites (tertiary alicyclic amines) is 1. The molecule has 6 rings (SSSR count). The molecule has 1 aliphatic carbocycles. The van der Waals surface area contributed by atoms with E-state index in [9.17, 15) is 18.3 Å². The summed E-state index contributed by atoms with van der Waals surface area (Å²) in [5.41, 5.74) is 1.14. The molecule has 1 saturated heterocycles. The van der Waals surface area contributed by atoms with Crippen LogP contribution in [0.25, 0.3) is 0 Å². The van der Waals surface area contributed by atoms with Crippen LogP contribution in [0.15, 0.2) is 65.9 Å². The quantitative estimate of drug-likeness (QED) is 0.616. The highest BCUT2D eigenvalue weighted by Gasteiger charge is 2.45. The Morgan fingerprint density at radius 2 is 1.97 bits per heavy atom. The van der Waals surface area contributed by atoms with Gasteiger partial charge in [-0.15, -0.1) is 10.2 Å². The lowest BCUT2D eigenvalue weighted by Crippen LogP contribution is -2.47. The second-order valence-electron chi connectivity index (χ2n) is 10.5. The number of benzene rings is 1. The minimum absolute atomic E-state index is 0.0112. The first-order chi connectivity index (χ1) is 18.2. The van der Waals surface area contributed by atoms with E-state index in [1.165, 1.54) is 16.0 Å². The lowest BCUT2D eigenvalue weighted by Gasteiger charge is -2.37. The third kappa shape index (κ3) is 4.27. The number of aliphatic hydroxyl groups excluding tert-OH is 1. The van der Waals surface area contributed by atoms with Crippen molar-refractivity contribution in [3.05, 3.63) is 77.3 Å². The molecule has 1 unspecified atom stereocenters. The minimum Gasteiger partial charge on any atom is -0.356 e. The Bertz CT molecular complexity index is 1360. The number of hydrogen-bond acceptors (Lipinski definition) is 7. The van der Waals surface area contributed by atoms with Crippen LogP contribution in [0.2, 0.25) is 0 Å². The van der Waals surface area contributed by atoms with Gasteiger partial charge < -0.3 is 19.5 Å². The molecule has 0 bridgehead atoms. The Morgan fingerprint density at radius 3 is 2.61 bits per heavy atom. The highest BCUT2D eigenvalue weighted by atomic mass is 19.4. The molecule has 2 atom stereocenters. The molecule has 0 radical (unpaired) electrons. The molecule has 8 nitrogen and oxygen atoms in total. The van der Waals surface area contributed by atoms with Crippen molar-refractivity contribution in [1.29, 1.82) is 5.26 Å². The highest BCUT2D eigenvalue weighted by Crippen LogP contribution is 2.45. The zero-order valence-electron chi connectivity index (χ0n) is 20.9. The van der Waals surface area contributed by atoms with Crippen molar-refractivity contribution < 1.29 is 18.3 Å². The normalized spacial score (nSPS) is 23.2. The predicted molar refractivity (Wildman–Crippen MR) is 133 cm³/mol. The summed E-state index contributed by atoms with van der Waals surface area (Å²) in [6.45, 7) is 1.34. The van der Waals surface area contributed by atoms with E-state index >= 15 is 0 Å². The van der Waals surface area contributed by atoms with Crippen molar-refractivity contribution in [3.8, 4) is 6.07 Å². The molecule has 198 valence electrons. The number of anilines is 1. The maximum Gasteiger partial charge on any atom is 0.418 e. The van der Waals surface area contributed by atoms with E-state index in [1.54, 1.807) is 18.6 Å². The van der Waals surface area contributed by atoms with Crippen LogP contribution in [0, 0.1) is 23.2 Å². The Labute approximate surface area is 218 Å². The lowest BCUT2D eigenvalue weighted by molar-refractivity contribution is -0.0924. The maximum atomic E-state index is 14.1. The Morgan fingerprint density at radius 1 is 1.18 bits per heavy atom. The Hall–Kier alpha value is -3.62. The third-order valence-electron chi connectivity index (χ3n) is 7.97. The summed E-state index contributed by atoms with van der Waals surface area (Å²) in [7, 11) is 1.91. The molecule has 11 heteroatoms. The first-order valence-electron chi connectivity index (χ1n) is 12.8. The summed E-state index contributed by atoms with van der Waals surface area (Å²) >= 11 is 0. The standard InChI is InChI=1S/C27H28F3N7O/c1-34-16-32-33-25(34)24(19-4-2-5-19)20-6-3-7-21(9-20)36-15-23-22(27(28,29)30)8-17(14-37(23)26(36)38)11-35-12-18(10-31)13-35/h3,6-9,14-16,18-19,24,26,38H,2,4-5,11-13H2,1H3/t24-,26?/m1/s1. The van der Waals surface area contributed by atoms with E-state index in [0.717, 1.165) is 36.7 Å². The first kappa shape index (κ1) is 24.7. The van der Waals surface area contributed by atoms with Crippen molar-refractivity contribution in [2.45, 2.75) is 37.7 Å². The van der Waals surface area contributed by atoms with Crippen molar-refractivity contribution in [2.24, 2.45) is 18.9 Å². The molecular formula is C27H28F3N7O. The molecule has 38 heavy (non-hydrogen) atoms. The Kier molecular flexibility index (Phi) is 6.04. The van der Waals surface area contributed by atoms with Gasteiger partial charge >= 0.3 is 6.18 Å². The molecule has 1 N–H and O–H groups in total. The molecule has 3 aliphatic heterocycles. The SMILES string of the molecule is Cn1cnnc1[C@@H](c1cccc(N2C=C3C(C(F)(F)F)=CC(CN4CC(C#N)C4)=CN3C2O)c1)C1CCC1. The number of allylic oxidation sites excluding steroid dienone is 1. The summed E-state index contributed by atoms with van der Waals surface area (Å²) in [6.07, 6.45) is 3.14. The number of halogens is 3. The topological polar surface area (TPSA) is 84.5 Å². The van der Waals surface area contributed by atoms with Crippen LogP contribution in [0.5, 0.6) is 0 Å². The fourth-order valence-electron chi connectivity index (χ4n) is 5.76. The monoisotopic (exact) mass is 523 g/mol. The zero-order chi connectivity index (χ0) is 26.6. The maximum absolute atomic E-state index is 14.1. The number of alkyl halides is 3. The number of nitriles is 1. The summed E-state index contributed by atoms with van der Waals surface area (Å²) in [6, 6.07) is 9.77. The van der Waals surface area contributed by atoms with E-state index in [0.29, 0.717) is 30.3 Å². The third-order valence-corrected chi connectivity index (χ3v) is 7.97. The van der Waals surface area contributed by atoms with Crippen molar-refractivity contribution >= 4 is 5.69 Å². The van der Waals surface area contributed by atoms with E-state index in [4.69, 9.17) is 5.26 Å². The number of aromatic nitrogens is 3.